The van der Waals surface area contributed by atoms with Gasteiger partial charge in [-0.1, -0.05) is 28.9 Å². The molecule has 0 saturated heterocycles. The predicted molar refractivity (Wildman–Crippen MR) is 125 cm³/mol. The average Bonchev–Trinajstić information content (AvgIpc) is 3.10. The van der Waals surface area contributed by atoms with Crippen LogP contribution in [-0.2, 0) is 6.42 Å². The lowest BCUT2D eigenvalue weighted by Gasteiger charge is -2.10. The van der Waals surface area contributed by atoms with E-state index in [0.717, 1.165) is 31.0 Å². The zero-order valence-corrected chi connectivity index (χ0v) is 19.6. The molecule has 0 aliphatic heterocycles. The van der Waals surface area contributed by atoms with Crippen molar-refractivity contribution in [2.24, 2.45) is 4.99 Å². The summed E-state index contributed by atoms with van der Waals surface area (Å²) in [6.07, 6.45) is 5.05. The van der Waals surface area contributed by atoms with Gasteiger partial charge in [0.25, 0.3) is 0 Å². The van der Waals surface area contributed by atoms with Crippen molar-refractivity contribution in [2.75, 3.05) is 31.6 Å². The molecule has 1 aromatic heterocycles. The molecule has 27 heavy (non-hydrogen) atoms. The van der Waals surface area contributed by atoms with Gasteiger partial charge in [-0.05, 0) is 43.9 Å². The SMILES string of the molecule is CCNC(=NCCCCSC)NCCc1nc(-c2cccc(Cl)c2)no1.I. The lowest BCUT2D eigenvalue weighted by molar-refractivity contribution is 0.378. The topological polar surface area (TPSA) is 75.3 Å². The van der Waals surface area contributed by atoms with E-state index < -0.39 is 0 Å². The Bertz CT molecular complexity index is 698. The van der Waals surface area contributed by atoms with E-state index in [1.54, 1.807) is 0 Å². The number of halogens is 2. The molecule has 0 bridgehead atoms. The molecule has 0 saturated carbocycles. The highest BCUT2D eigenvalue weighted by Crippen LogP contribution is 2.19. The number of unbranched alkanes of at least 4 members (excludes halogenated alkanes) is 1. The Morgan fingerprint density at radius 1 is 1.30 bits per heavy atom. The van der Waals surface area contributed by atoms with Crippen molar-refractivity contribution < 1.29 is 4.52 Å². The second kappa shape index (κ2) is 14.1. The molecule has 2 N–H and O–H groups in total. The van der Waals surface area contributed by atoms with Gasteiger partial charge in [-0.25, -0.2) is 0 Å². The van der Waals surface area contributed by atoms with Gasteiger partial charge < -0.3 is 15.2 Å². The van der Waals surface area contributed by atoms with E-state index in [-0.39, 0.29) is 24.0 Å². The second-order valence-electron chi connectivity index (χ2n) is 5.66. The normalized spacial score (nSPS) is 11.1. The van der Waals surface area contributed by atoms with E-state index in [1.165, 1.54) is 12.2 Å². The fourth-order valence-corrected chi connectivity index (χ4v) is 2.96. The maximum atomic E-state index is 6.00. The summed E-state index contributed by atoms with van der Waals surface area (Å²) in [6.45, 7) is 4.39. The third-order valence-corrected chi connectivity index (χ3v) is 4.48. The number of hydrogen-bond donors (Lipinski definition) is 2. The first kappa shape index (κ1) is 24.0. The standard InChI is InChI=1S/C18H26ClN5OS.HI/c1-3-20-18(21-10-4-5-12-26-2)22-11-9-16-23-17(24-25-16)14-7-6-8-15(19)13-14;/h6-8,13H,3-5,9-12H2,1-2H3,(H2,20,21,22);1H. The molecule has 1 heterocycles. The Labute approximate surface area is 187 Å². The van der Waals surface area contributed by atoms with Crippen molar-refractivity contribution in [3.05, 3.63) is 35.2 Å². The van der Waals surface area contributed by atoms with Crippen LogP contribution in [0.2, 0.25) is 5.02 Å². The van der Waals surface area contributed by atoms with Crippen LogP contribution in [0.5, 0.6) is 0 Å². The zero-order valence-electron chi connectivity index (χ0n) is 15.7. The maximum absolute atomic E-state index is 6.00. The summed E-state index contributed by atoms with van der Waals surface area (Å²) in [7, 11) is 0. The van der Waals surface area contributed by atoms with Crippen LogP contribution in [0.3, 0.4) is 0 Å². The first-order chi connectivity index (χ1) is 12.7. The average molecular weight is 524 g/mol. The first-order valence-electron chi connectivity index (χ1n) is 8.82. The summed E-state index contributed by atoms with van der Waals surface area (Å²) in [5.74, 6) is 3.15. The highest BCUT2D eigenvalue weighted by Gasteiger charge is 2.09. The molecule has 2 rings (SSSR count). The fraction of sp³-hybridized carbons (Fsp3) is 0.500. The molecule has 6 nitrogen and oxygen atoms in total. The summed E-state index contributed by atoms with van der Waals surface area (Å²) in [4.78, 5) is 9.00. The molecule has 9 heteroatoms. The monoisotopic (exact) mass is 523 g/mol. The van der Waals surface area contributed by atoms with Crippen molar-refractivity contribution in [1.82, 2.24) is 20.8 Å². The van der Waals surface area contributed by atoms with Crippen LogP contribution in [-0.4, -0.2) is 47.7 Å². The van der Waals surface area contributed by atoms with Gasteiger partial charge in [0.15, 0.2) is 5.96 Å². The van der Waals surface area contributed by atoms with Gasteiger partial charge in [0, 0.05) is 36.6 Å². The van der Waals surface area contributed by atoms with Crippen molar-refractivity contribution in [2.45, 2.75) is 26.2 Å². The molecule has 0 aliphatic rings. The smallest absolute Gasteiger partial charge is 0.228 e. The molecule has 0 spiro atoms. The van der Waals surface area contributed by atoms with Gasteiger partial charge >= 0.3 is 0 Å². The quantitative estimate of drug-likeness (QED) is 0.210. The number of nitrogens with one attached hydrogen (secondary N) is 2. The molecule has 150 valence electrons. The van der Waals surface area contributed by atoms with Crippen LogP contribution in [0.1, 0.15) is 25.7 Å². The van der Waals surface area contributed by atoms with E-state index in [4.69, 9.17) is 16.1 Å². The molecule has 0 fully saturated rings. The number of aliphatic imine (C=N–C) groups is 1. The van der Waals surface area contributed by atoms with Crippen LogP contribution >= 0.6 is 47.3 Å². The Kier molecular flexibility index (Phi) is 12.5. The van der Waals surface area contributed by atoms with E-state index in [2.05, 4.69) is 38.9 Å². The number of aromatic nitrogens is 2. The summed E-state index contributed by atoms with van der Waals surface area (Å²) < 4.78 is 5.32. The second-order valence-corrected chi connectivity index (χ2v) is 7.08. The highest BCUT2D eigenvalue weighted by atomic mass is 127. The predicted octanol–water partition coefficient (Wildman–Crippen LogP) is 4.25. The molecule has 2 aromatic rings. The van der Waals surface area contributed by atoms with E-state index in [9.17, 15) is 0 Å². The molecule has 1 aromatic carbocycles. The first-order valence-corrected chi connectivity index (χ1v) is 10.6. The minimum absolute atomic E-state index is 0. The van der Waals surface area contributed by atoms with Crippen LogP contribution < -0.4 is 10.6 Å². The van der Waals surface area contributed by atoms with E-state index in [0.29, 0.717) is 29.7 Å². The van der Waals surface area contributed by atoms with Gasteiger partial charge in [0.05, 0.1) is 0 Å². The van der Waals surface area contributed by atoms with Crippen LogP contribution in [0.25, 0.3) is 11.4 Å². The number of guanidine groups is 1. The van der Waals surface area contributed by atoms with E-state index in [1.807, 2.05) is 36.0 Å². The largest absolute Gasteiger partial charge is 0.357 e. The Morgan fingerprint density at radius 3 is 2.89 bits per heavy atom. The van der Waals surface area contributed by atoms with Crippen molar-refractivity contribution in [3.63, 3.8) is 0 Å². The van der Waals surface area contributed by atoms with Crippen molar-refractivity contribution >= 4 is 53.3 Å². The Morgan fingerprint density at radius 2 is 2.15 bits per heavy atom. The maximum Gasteiger partial charge on any atom is 0.228 e. The highest BCUT2D eigenvalue weighted by molar-refractivity contribution is 14.0. The number of rotatable bonds is 10. The van der Waals surface area contributed by atoms with Gasteiger partial charge in [-0.15, -0.1) is 24.0 Å². The number of hydrogen-bond acceptors (Lipinski definition) is 5. The van der Waals surface area contributed by atoms with Crippen molar-refractivity contribution in [1.29, 1.82) is 0 Å². The molecular weight excluding hydrogens is 497 g/mol. The molecular formula is C18H27ClIN5OS. The minimum atomic E-state index is 0. The third-order valence-electron chi connectivity index (χ3n) is 3.55. The molecule has 0 radical (unpaired) electrons. The zero-order chi connectivity index (χ0) is 18.6. The summed E-state index contributed by atoms with van der Waals surface area (Å²) in [5, 5.41) is 11.2. The van der Waals surface area contributed by atoms with Gasteiger partial charge in [-0.2, -0.15) is 16.7 Å². The van der Waals surface area contributed by atoms with Crippen molar-refractivity contribution in [3.8, 4) is 11.4 Å². The van der Waals surface area contributed by atoms with Gasteiger partial charge in [0.1, 0.15) is 0 Å². The Hall–Kier alpha value is -1.000. The lowest BCUT2D eigenvalue weighted by atomic mass is 10.2. The number of nitrogens with zero attached hydrogens (tertiary/aromatic N) is 3. The molecule has 0 unspecified atom stereocenters. The lowest BCUT2D eigenvalue weighted by Crippen LogP contribution is -2.38. The third kappa shape index (κ3) is 9.16. The van der Waals surface area contributed by atoms with Crippen LogP contribution in [0.15, 0.2) is 33.8 Å². The summed E-state index contributed by atoms with van der Waals surface area (Å²) in [6, 6.07) is 7.42. The van der Waals surface area contributed by atoms with Gasteiger partial charge in [0.2, 0.25) is 11.7 Å². The molecule has 0 atom stereocenters. The van der Waals surface area contributed by atoms with E-state index >= 15 is 0 Å². The summed E-state index contributed by atoms with van der Waals surface area (Å²) in [5.41, 5.74) is 0.848. The fourth-order valence-electron chi connectivity index (χ4n) is 2.28. The summed E-state index contributed by atoms with van der Waals surface area (Å²) >= 11 is 7.87. The Balaban J connectivity index is 0.00000364. The molecule has 0 aliphatic carbocycles. The van der Waals surface area contributed by atoms with Crippen LogP contribution in [0.4, 0.5) is 0 Å². The number of benzene rings is 1. The van der Waals surface area contributed by atoms with Gasteiger partial charge in [-0.3, -0.25) is 4.99 Å². The molecule has 0 amide bonds. The minimum Gasteiger partial charge on any atom is -0.357 e. The van der Waals surface area contributed by atoms with Crippen LogP contribution in [0, 0.1) is 0 Å². The number of thioether (sulfide) groups is 1.